The van der Waals surface area contributed by atoms with Crippen LogP contribution in [0.25, 0.3) is 10.2 Å². The van der Waals surface area contributed by atoms with Crippen LogP contribution in [0.1, 0.15) is 76.7 Å². The Labute approximate surface area is 245 Å². The number of hydrogen-bond donors (Lipinski definition) is 0. The van der Waals surface area contributed by atoms with Gasteiger partial charge in [-0.25, -0.2) is 14.7 Å². The van der Waals surface area contributed by atoms with Crippen LogP contribution in [-0.4, -0.2) is 60.1 Å². The summed E-state index contributed by atoms with van der Waals surface area (Å²) in [6.45, 7) is 3.20. The first-order valence-electron chi connectivity index (χ1n) is 15.7. The summed E-state index contributed by atoms with van der Waals surface area (Å²) >= 11 is 1.44. The number of fused-ring (bicyclic) bond motifs is 1. The first-order chi connectivity index (χ1) is 19.9. The monoisotopic (exact) mass is 583 g/mol. The SMILES string of the molecule is C[C@H](CF)C1CCC(C(=O)N2CC[C@@H](C3CCCCC3)[C@H]2C(=O)Cc2ccc3nc(N4CCOC4=O)sc3c2)CC1. The van der Waals surface area contributed by atoms with Crippen molar-refractivity contribution >= 4 is 44.5 Å². The van der Waals surface area contributed by atoms with Crippen molar-refractivity contribution in [2.75, 3.05) is 31.3 Å². The number of carbonyl (C=O) groups is 3. The Bertz CT molecular complexity index is 1270. The Hall–Kier alpha value is -2.55. The molecule has 0 N–H and O–H groups in total. The number of nitrogens with zero attached hydrogens (tertiary/aromatic N) is 3. The number of aromatic nitrogens is 1. The number of ketones is 1. The van der Waals surface area contributed by atoms with E-state index in [-0.39, 0.29) is 54.7 Å². The van der Waals surface area contributed by atoms with Gasteiger partial charge < -0.3 is 9.64 Å². The van der Waals surface area contributed by atoms with Gasteiger partial charge in [-0.3, -0.25) is 14.0 Å². The molecule has 4 fully saturated rings. The van der Waals surface area contributed by atoms with Gasteiger partial charge in [-0.05, 0) is 73.5 Å². The Morgan fingerprint density at radius 2 is 1.85 bits per heavy atom. The van der Waals surface area contributed by atoms with Crippen molar-refractivity contribution in [3.8, 4) is 0 Å². The standard InChI is InChI=1S/C32H42FN3O4S/c1-20(19-33)22-8-10-24(11-9-22)30(38)35-14-13-25(23-5-3-2-4-6-23)29(35)27(37)17-21-7-12-26-28(18-21)41-31(34-26)36-15-16-40-32(36)39/h7,12,18,20,22-25,29H,2-6,8-11,13-17,19H2,1H3/t20-,22?,24?,25+,29+/m1/s1. The van der Waals surface area contributed by atoms with E-state index >= 15 is 0 Å². The lowest BCUT2D eigenvalue weighted by atomic mass is 9.74. The molecule has 222 valence electrons. The molecule has 3 atom stereocenters. The van der Waals surface area contributed by atoms with Crippen LogP contribution in [0, 0.1) is 29.6 Å². The number of ether oxygens (including phenoxy) is 1. The van der Waals surface area contributed by atoms with Crippen molar-refractivity contribution in [3.63, 3.8) is 0 Å². The van der Waals surface area contributed by atoms with Crippen molar-refractivity contribution in [2.45, 2.75) is 83.6 Å². The van der Waals surface area contributed by atoms with Crippen LogP contribution in [0.3, 0.4) is 0 Å². The summed E-state index contributed by atoms with van der Waals surface area (Å²) in [5.74, 6) is 1.37. The fourth-order valence-electron chi connectivity index (χ4n) is 7.88. The summed E-state index contributed by atoms with van der Waals surface area (Å²) in [4.78, 5) is 48.2. The number of hydrogen-bond acceptors (Lipinski definition) is 6. The van der Waals surface area contributed by atoms with Crippen LogP contribution in [0.4, 0.5) is 14.3 Å². The number of likely N-dealkylation sites (tertiary alicyclic amines) is 1. The van der Waals surface area contributed by atoms with Crippen molar-refractivity contribution in [1.29, 1.82) is 0 Å². The Balaban J connectivity index is 1.19. The Morgan fingerprint density at radius 1 is 1.07 bits per heavy atom. The molecule has 2 saturated carbocycles. The first kappa shape index (κ1) is 28.6. The van der Waals surface area contributed by atoms with E-state index in [1.54, 1.807) is 4.90 Å². The number of halogens is 1. The zero-order valence-electron chi connectivity index (χ0n) is 24.1. The lowest BCUT2D eigenvalue weighted by molar-refractivity contribution is -0.143. The predicted octanol–water partition coefficient (Wildman–Crippen LogP) is 6.57. The number of carbonyl (C=O) groups excluding carboxylic acids is 3. The second-order valence-corrected chi connectivity index (χ2v) is 13.8. The van der Waals surface area contributed by atoms with E-state index in [4.69, 9.17) is 4.74 Å². The third kappa shape index (κ3) is 5.88. The first-order valence-corrected chi connectivity index (χ1v) is 16.5. The summed E-state index contributed by atoms with van der Waals surface area (Å²) < 4.78 is 19.3. The molecule has 2 saturated heterocycles. The number of Topliss-reactive ketones (excluding diaryl/α,β-unsaturated/α-hetero) is 1. The topological polar surface area (TPSA) is 79.8 Å². The van der Waals surface area contributed by atoms with Gasteiger partial charge in [-0.1, -0.05) is 56.4 Å². The summed E-state index contributed by atoms with van der Waals surface area (Å²) in [7, 11) is 0. The van der Waals surface area contributed by atoms with Crippen LogP contribution < -0.4 is 4.90 Å². The Kier molecular flexibility index (Phi) is 8.61. The molecule has 7 nitrogen and oxygen atoms in total. The maximum atomic E-state index is 14.1. The minimum atomic E-state index is -0.371. The third-order valence-electron chi connectivity index (χ3n) is 10.3. The molecule has 0 radical (unpaired) electrons. The largest absolute Gasteiger partial charge is 0.447 e. The number of alkyl halides is 1. The van der Waals surface area contributed by atoms with E-state index < -0.39 is 0 Å². The molecule has 6 rings (SSSR count). The van der Waals surface area contributed by atoms with Gasteiger partial charge >= 0.3 is 6.09 Å². The van der Waals surface area contributed by atoms with E-state index in [1.165, 1.54) is 30.6 Å². The van der Waals surface area contributed by atoms with E-state index in [0.29, 0.717) is 36.7 Å². The highest BCUT2D eigenvalue weighted by atomic mass is 32.1. The average Bonchev–Trinajstić information content (AvgIpc) is 3.74. The molecule has 1 aromatic carbocycles. The van der Waals surface area contributed by atoms with E-state index in [1.807, 2.05) is 30.0 Å². The number of thiazole rings is 1. The second-order valence-electron chi connectivity index (χ2n) is 12.8. The minimum absolute atomic E-state index is 0.0530. The lowest BCUT2D eigenvalue weighted by Gasteiger charge is -2.37. The van der Waals surface area contributed by atoms with Crippen LogP contribution in [0.15, 0.2) is 18.2 Å². The second kappa shape index (κ2) is 12.4. The van der Waals surface area contributed by atoms with Gasteiger partial charge in [-0.2, -0.15) is 0 Å². The zero-order chi connectivity index (χ0) is 28.5. The molecule has 2 aromatic rings. The maximum Gasteiger partial charge on any atom is 0.416 e. The van der Waals surface area contributed by atoms with Crippen LogP contribution in [0.5, 0.6) is 0 Å². The number of benzene rings is 1. The van der Waals surface area contributed by atoms with Gasteiger partial charge in [0, 0.05) is 18.9 Å². The van der Waals surface area contributed by atoms with Gasteiger partial charge in [0.05, 0.1) is 29.5 Å². The van der Waals surface area contributed by atoms with Crippen molar-refractivity contribution in [2.24, 2.45) is 29.6 Å². The number of cyclic esters (lactones) is 1. The molecule has 4 aliphatic rings. The van der Waals surface area contributed by atoms with Gasteiger partial charge in [-0.15, -0.1) is 0 Å². The molecule has 0 spiro atoms. The molecule has 2 aliphatic carbocycles. The molecule has 41 heavy (non-hydrogen) atoms. The van der Waals surface area contributed by atoms with Gasteiger partial charge in [0.25, 0.3) is 0 Å². The quantitative estimate of drug-likeness (QED) is 0.351. The summed E-state index contributed by atoms with van der Waals surface area (Å²) in [6.07, 6.45) is 10.2. The highest BCUT2D eigenvalue weighted by Gasteiger charge is 2.46. The molecular weight excluding hydrogens is 541 g/mol. The molecule has 1 aromatic heterocycles. The highest BCUT2D eigenvalue weighted by molar-refractivity contribution is 7.22. The molecule has 2 aliphatic heterocycles. The van der Waals surface area contributed by atoms with Gasteiger partial charge in [0.2, 0.25) is 5.91 Å². The smallest absolute Gasteiger partial charge is 0.416 e. The third-order valence-corrected chi connectivity index (χ3v) is 11.3. The van der Waals surface area contributed by atoms with E-state index in [9.17, 15) is 18.8 Å². The highest BCUT2D eigenvalue weighted by Crippen LogP contribution is 2.42. The van der Waals surface area contributed by atoms with E-state index in [2.05, 4.69) is 4.98 Å². The Morgan fingerprint density at radius 3 is 2.56 bits per heavy atom. The average molecular weight is 584 g/mol. The van der Waals surface area contributed by atoms with Crippen LogP contribution in [0.2, 0.25) is 0 Å². The van der Waals surface area contributed by atoms with E-state index in [0.717, 1.165) is 60.7 Å². The minimum Gasteiger partial charge on any atom is -0.447 e. The van der Waals surface area contributed by atoms with Crippen LogP contribution in [-0.2, 0) is 20.7 Å². The molecule has 0 unspecified atom stereocenters. The zero-order valence-corrected chi connectivity index (χ0v) is 24.9. The summed E-state index contributed by atoms with van der Waals surface area (Å²) in [5, 5.41) is 0.617. The number of amides is 2. The normalized spacial score (nSPS) is 28.3. The lowest BCUT2D eigenvalue weighted by Crippen LogP contribution is -2.48. The van der Waals surface area contributed by atoms with Crippen molar-refractivity contribution in [1.82, 2.24) is 9.88 Å². The fourth-order valence-corrected chi connectivity index (χ4v) is 8.93. The van der Waals surface area contributed by atoms with Gasteiger partial charge in [0.15, 0.2) is 10.9 Å². The summed E-state index contributed by atoms with van der Waals surface area (Å²) in [5.41, 5.74) is 1.72. The van der Waals surface area contributed by atoms with Gasteiger partial charge in [0.1, 0.15) is 6.61 Å². The molecule has 3 heterocycles. The fraction of sp³-hybridized carbons (Fsp3) is 0.688. The molecule has 0 bridgehead atoms. The molecular formula is C32H42FN3O4S. The summed E-state index contributed by atoms with van der Waals surface area (Å²) in [6, 6.07) is 5.53. The molecule has 2 amide bonds. The van der Waals surface area contributed by atoms with Crippen molar-refractivity contribution in [3.05, 3.63) is 23.8 Å². The number of anilines is 1. The predicted molar refractivity (Wildman–Crippen MR) is 158 cm³/mol. The maximum absolute atomic E-state index is 14.1. The molecule has 9 heteroatoms. The van der Waals surface area contributed by atoms with Crippen LogP contribution >= 0.6 is 11.3 Å². The number of rotatable bonds is 8. The van der Waals surface area contributed by atoms with Crippen molar-refractivity contribution < 1.29 is 23.5 Å².